The second-order valence-corrected chi connectivity index (χ2v) is 5.46. The monoisotopic (exact) mass is 187 g/mol. The Hall–Kier alpha value is -0.0800. The molecule has 0 aromatic heterocycles. The quantitative estimate of drug-likeness (QED) is 0.604. The predicted molar refractivity (Wildman–Crippen MR) is 51.2 cm³/mol. The molecule has 4 atom stereocenters. The SMILES string of the molecule is [2H]C([2H])([2H])[C@]1(O)[C@@H](O)[C@]2(C)CC[C@H]1C2(C)C. The van der Waals surface area contributed by atoms with Crippen molar-refractivity contribution < 1.29 is 14.3 Å². The third-order valence-electron chi connectivity index (χ3n) is 4.85. The molecule has 0 amide bonds. The van der Waals surface area contributed by atoms with Crippen molar-refractivity contribution in [1.29, 1.82) is 0 Å². The van der Waals surface area contributed by atoms with Crippen molar-refractivity contribution in [3.05, 3.63) is 0 Å². The summed E-state index contributed by atoms with van der Waals surface area (Å²) in [6.07, 6.45) is 0.293. The first-order valence-corrected chi connectivity index (χ1v) is 4.90. The van der Waals surface area contributed by atoms with Crippen LogP contribution in [-0.2, 0) is 0 Å². The van der Waals surface area contributed by atoms with E-state index in [2.05, 4.69) is 0 Å². The smallest absolute Gasteiger partial charge is 0.0916 e. The summed E-state index contributed by atoms with van der Waals surface area (Å²) >= 11 is 0. The summed E-state index contributed by atoms with van der Waals surface area (Å²) in [6.45, 7) is 3.28. The molecule has 2 nitrogen and oxygen atoms in total. The normalized spacial score (nSPS) is 63.0. The van der Waals surface area contributed by atoms with Crippen molar-refractivity contribution in [2.24, 2.45) is 16.7 Å². The Morgan fingerprint density at radius 3 is 2.31 bits per heavy atom. The molecule has 0 aromatic carbocycles. The summed E-state index contributed by atoms with van der Waals surface area (Å²) in [4.78, 5) is 0. The zero-order valence-electron chi connectivity index (χ0n) is 11.5. The third kappa shape index (κ3) is 0.774. The zero-order valence-corrected chi connectivity index (χ0v) is 8.46. The number of rotatable bonds is 0. The van der Waals surface area contributed by atoms with E-state index in [0.717, 1.165) is 6.42 Å². The summed E-state index contributed by atoms with van der Waals surface area (Å²) in [5.74, 6) is -0.354. The summed E-state index contributed by atoms with van der Waals surface area (Å²) in [5, 5.41) is 20.7. The van der Waals surface area contributed by atoms with Gasteiger partial charge in [0.2, 0.25) is 0 Å². The molecule has 13 heavy (non-hydrogen) atoms. The number of fused-ring (bicyclic) bond motifs is 2. The van der Waals surface area contributed by atoms with Gasteiger partial charge in [0.05, 0.1) is 11.7 Å². The molecular formula is C11H20O2. The van der Waals surface area contributed by atoms with Gasteiger partial charge in [-0.25, -0.2) is 0 Å². The van der Waals surface area contributed by atoms with E-state index in [1.54, 1.807) is 0 Å². The van der Waals surface area contributed by atoms with Gasteiger partial charge in [0.25, 0.3) is 0 Å². The van der Waals surface area contributed by atoms with Gasteiger partial charge in [0.1, 0.15) is 0 Å². The van der Waals surface area contributed by atoms with Gasteiger partial charge >= 0.3 is 0 Å². The Kier molecular flexibility index (Phi) is 1.04. The van der Waals surface area contributed by atoms with Crippen LogP contribution in [0.1, 0.15) is 44.6 Å². The van der Waals surface area contributed by atoms with Crippen LogP contribution in [0, 0.1) is 16.7 Å². The van der Waals surface area contributed by atoms with E-state index in [1.807, 2.05) is 20.8 Å². The topological polar surface area (TPSA) is 40.5 Å². The molecular weight excluding hydrogens is 164 g/mol. The van der Waals surface area contributed by atoms with Crippen LogP contribution in [-0.4, -0.2) is 21.9 Å². The van der Waals surface area contributed by atoms with Crippen LogP contribution in [0.2, 0.25) is 0 Å². The maximum absolute atomic E-state index is 10.5. The molecule has 0 spiro atoms. The Labute approximate surface area is 84.2 Å². The van der Waals surface area contributed by atoms with Crippen LogP contribution in [0.15, 0.2) is 0 Å². The Morgan fingerprint density at radius 1 is 1.38 bits per heavy atom. The van der Waals surface area contributed by atoms with E-state index in [0.29, 0.717) is 6.42 Å². The van der Waals surface area contributed by atoms with Gasteiger partial charge in [0.15, 0.2) is 0 Å². The third-order valence-corrected chi connectivity index (χ3v) is 4.85. The zero-order chi connectivity index (χ0) is 12.6. The number of hydrogen-bond donors (Lipinski definition) is 2. The van der Waals surface area contributed by atoms with Crippen LogP contribution < -0.4 is 0 Å². The fraction of sp³-hybridized carbons (Fsp3) is 1.00. The van der Waals surface area contributed by atoms with Crippen molar-refractivity contribution >= 4 is 0 Å². The van der Waals surface area contributed by atoms with E-state index in [1.165, 1.54) is 0 Å². The summed E-state index contributed by atoms with van der Waals surface area (Å²) in [6, 6.07) is 0. The Morgan fingerprint density at radius 2 is 2.00 bits per heavy atom. The number of aliphatic hydroxyl groups is 2. The highest BCUT2D eigenvalue weighted by Crippen LogP contribution is 2.68. The minimum Gasteiger partial charge on any atom is -0.390 e. The van der Waals surface area contributed by atoms with Gasteiger partial charge < -0.3 is 10.2 Å². The molecule has 0 aliphatic heterocycles. The maximum atomic E-state index is 10.5. The molecule has 2 heteroatoms. The average molecular weight is 187 g/mol. The predicted octanol–water partition coefficient (Wildman–Crippen LogP) is 1.55. The van der Waals surface area contributed by atoms with E-state index in [9.17, 15) is 10.2 Å². The molecule has 0 radical (unpaired) electrons. The molecule has 2 bridgehead atoms. The molecule has 2 saturated carbocycles. The molecule has 2 aliphatic rings. The van der Waals surface area contributed by atoms with Gasteiger partial charge in [0, 0.05) is 9.53 Å². The van der Waals surface area contributed by atoms with Crippen LogP contribution in [0.3, 0.4) is 0 Å². The van der Waals surface area contributed by atoms with Crippen molar-refractivity contribution in [1.82, 2.24) is 0 Å². The van der Waals surface area contributed by atoms with Crippen molar-refractivity contribution in [2.45, 2.75) is 52.2 Å². The highest BCUT2D eigenvalue weighted by atomic mass is 16.3. The van der Waals surface area contributed by atoms with Crippen molar-refractivity contribution in [2.75, 3.05) is 0 Å². The molecule has 0 aromatic rings. The van der Waals surface area contributed by atoms with Crippen molar-refractivity contribution in [3.8, 4) is 0 Å². The minimum absolute atomic E-state index is 0.338. The van der Waals surface area contributed by atoms with Crippen LogP contribution in [0.25, 0.3) is 0 Å². The lowest BCUT2D eigenvalue weighted by molar-refractivity contribution is -0.115. The van der Waals surface area contributed by atoms with E-state index in [-0.39, 0.29) is 11.3 Å². The lowest BCUT2D eigenvalue weighted by Crippen LogP contribution is -2.47. The van der Waals surface area contributed by atoms with Gasteiger partial charge in [-0.15, -0.1) is 0 Å². The molecule has 76 valence electrons. The lowest BCUT2D eigenvalue weighted by Gasteiger charge is -2.38. The standard InChI is InChI=1S/C11H20O2/c1-9(2)7-5-6-10(9,3)8(12)11(7,4)13/h7-8,12-13H,5-6H2,1-4H3/t7-,8-,10-,11+/m0/s1/i4D3. The first-order valence-electron chi connectivity index (χ1n) is 6.40. The Balaban J connectivity index is 2.56. The average Bonchev–Trinajstić information content (AvgIpc) is 2.39. The molecule has 0 unspecified atom stereocenters. The molecule has 2 aliphatic carbocycles. The molecule has 2 N–H and O–H groups in total. The number of hydrogen-bond acceptors (Lipinski definition) is 2. The molecule has 2 fully saturated rings. The van der Waals surface area contributed by atoms with Crippen molar-refractivity contribution in [3.63, 3.8) is 0 Å². The lowest BCUT2D eigenvalue weighted by atomic mass is 9.70. The van der Waals surface area contributed by atoms with E-state index in [4.69, 9.17) is 4.11 Å². The molecule has 2 rings (SSSR count). The fourth-order valence-corrected chi connectivity index (χ4v) is 3.46. The fourth-order valence-electron chi connectivity index (χ4n) is 3.46. The second-order valence-electron chi connectivity index (χ2n) is 5.46. The van der Waals surface area contributed by atoms with E-state index >= 15 is 0 Å². The van der Waals surface area contributed by atoms with Gasteiger partial charge in [-0.3, -0.25) is 0 Å². The minimum atomic E-state index is -2.52. The highest BCUT2D eigenvalue weighted by molar-refractivity contribution is 5.19. The van der Waals surface area contributed by atoms with Crippen LogP contribution in [0.4, 0.5) is 0 Å². The molecule has 0 heterocycles. The second kappa shape index (κ2) is 2.12. The summed E-state index contributed by atoms with van der Waals surface area (Å²) < 4.78 is 22.5. The molecule has 0 saturated heterocycles. The maximum Gasteiger partial charge on any atom is 0.0916 e. The van der Waals surface area contributed by atoms with Crippen LogP contribution >= 0.6 is 0 Å². The first-order chi connectivity index (χ1) is 6.99. The summed E-state index contributed by atoms with van der Waals surface area (Å²) in [7, 11) is 0. The van der Waals surface area contributed by atoms with Crippen LogP contribution in [0.5, 0.6) is 0 Å². The number of aliphatic hydroxyl groups excluding tert-OH is 1. The van der Waals surface area contributed by atoms with Gasteiger partial charge in [-0.1, -0.05) is 20.8 Å². The van der Waals surface area contributed by atoms with E-state index < -0.39 is 24.0 Å². The Bertz CT molecular complexity index is 326. The highest BCUT2D eigenvalue weighted by Gasteiger charge is 2.70. The first kappa shape index (κ1) is 6.41. The largest absolute Gasteiger partial charge is 0.390 e. The summed E-state index contributed by atoms with van der Waals surface area (Å²) in [5.41, 5.74) is -2.78. The van der Waals surface area contributed by atoms with Gasteiger partial charge in [-0.2, -0.15) is 0 Å². The van der Waals surface area contributed by atoms with Gasteiger partial charge in [-0.05, 0) is 31.0 Å².